The molecule has 0 radical (unpaired) electrons. The summed E-state index contributed by atoms with van der Waals surface area (Å²) in [6.07, 6.45) is 4.52. The Kier molecular flexibility index (Phi) is 13.2. The van der Waals surface area contributed by atoms with Crippen LogP contribution in [0.5, 0.6) is 0 Å². The summed E-state index contributed by atoms with van der Waals surface area (Å²) in [5.41, 5.74) is 0. The van der Waals surface area contributed by atoms with Crippen molar-refractivity contribution < 1.29 is 19.1 Å². The number of amides is 2. The highest BCUT2D eigenvalue weighted by Crippen LogP contribution is 2.36. The number of carbonyl (C=O) groups excluding carboxylic acids is 2. The van der Waals surface area contributed by atoms with Gasteiger partial charge in [-0.05, 0) is 25.7 Å². The zero-order valence-electron chi connectivity index (χ0n) is 21.4. The van der Waals surface area contributed by atoms with E-state index in [9.17, 15) is 9.59 Å². The molecule has 4 aliphatic rings. The molecule has 0 spiro atoms. The van der Waals surface area contributed by atoms with Crippen LogP contribution >= 0.6 is 45.1 Å². The highest BCUT2D eigenvalue weighted by atomic mass is 33.1. The second kappa shape index (κ2) is 16.3. The molecule has 0 N–H and O–H groups in total. The predicted molar refractivity (Wildman–Crippen MR) is 155 cm³/mol. The van der Waals surface area contributed by atoms with Gasteiger partial charge >= 0.3 is 0 Å². The van der Waals surface area contributed by atoms with Gasteiger partial charge in [-0.3, -0.25) is 19.4 Å². The molecule has 4 fully saturated rings. The van der Waals surface area contributed by atoms with Gasteiger partial charge in [-0.15, -0.1) is 0 Å². The second-order valence-electron chi connectivity index (χ2n) is 9.80. The molecule has 0 aromatic rings. The Bertz CT molecular complexity index is 615. The highest BCUT2D eigenvalue weighted by molar-refractivity contribution is 8.77. The van der Waals surface area contributed by atoms with Crippen molar-refractivity contribution in [3.8, 4) is 0 Å². The number of ether oxygens (including phenoxy) is 2. The molecule has 0 aliphatic carbocycles. The molecule has 4 heterocycles. The first-order chi connectivity index (χ1) is 17.7. The molecule has 0 aromatic carbocycles. The maximum atomic E-state index is 12.7. The van der Waals surface area contributed by atoms with Crippen molar-refractivity contribution in [1.82, 2.24) is 19.6 Å². The molecule has 206 valence electrons. The SMILES string of the molecule is O=C(SCC(CN1CCOCC1)SSC(CSC(=O)N1CCCC1)CN1CCOCC1)N1CCCC1. The fourth-order valence-corrected chi connectivity index (χ4v) is 10.4. The molecule has 4 rings (SSSR count). The van der Waals surface area contributed by atoms with E-state index in [0.717, 1.165) is 129 Å². The van der Waals surface area contributed by atoms with Gasteiger partial charge in [0, 0.05) is 87.5 Å². The molecule has 4 saturated heterocycles. The summed E-state index contributed by atoms with van der Waals surface area (Å²) in [7, 11) is 3.85. The van der Waals surface area contributed by atoms with Crippen LogP contribution in [0.4, 0.5) is 9.59 Å². The lowest BCUT2D eigenvalue weighted by molar-refractivity contribution is 0.0386. The summed E-state index contributed by atoms with van der Waals surface area (Å²) in [5, 5.41) is 1.19. The van der Waals surface area contributed by atoms with Crippen LogP contribution in [-0.2, 0) is 9.47 Å². The largest absolute Gasteiger partial charge is 0.379 e. The van der Waals surface area contributed by atoms with E-state index in [2.05, 4.69) is 9.80 Å². The number of hydrogen-bond acceptors (Lipinski definition) is 10. The van der Waals surface area contributed by atoms with E-state index in [0.29, 0.717) is 10.5 Å². The molecule has 2 amide bonds. The summed E-state index contributed by atoms with van der Waals surface area (Å²) in [6, 6.07) is 0. The van der Waals surface area contributed by atoms with Crippen LogP contribution in [-0.4, -0.2) is 144 Å². The first-order valence-corrected chi connectivity index (χ1v) is 17.7. The highest BCUT2D eigenvalue weighted by Gasteiger charge is 2.26. The number of nitrogens with zero attached hydrogens (tertiary/aromatic N) is 4. The van der Waals surface area contributed by atoms with Crippen molar-refractivity contribution in [3.63, 3.8) is 0 Å². The van der Waals surface area contributed by atoms with Gasteiger partial charge in [0.2, 0.25) is 0 Å². The fourth-order valence-electron chi connectivity index (χ4n) is 4.83. The van der Waals surface area contributed by atoms with Crippen LogP contribution in [0.25, 0.3) is 0 Å². The Balaban J connectivity index is 1.30. The minimum absolute atomic E-state index is 0.238. The van der Waals surface area contributed by atoms with Crippen LogP contribution in [0.1, 0.15) is 25.7 Å². The Hall–Kier alpha value is 0.180. The second-order valence-corrected chi connectivity index (χ2v) is 14.6. The van der Waals surface area contributed by atoms with E-state index in [4.69, 9.17) is 9.47 Å². The molecule has 8 nitrogen and oxygen atoms in total. The summed E-state index contributed by atoms with van der Waals surface area (Å²) in [6.45, 7) is 12.6. The number of thioether (sulfide) groups is 2. The van der Waals surface area contributed by atoms with E-state index in [-0.39, 0.29) is 10.5 Å². The zero-order valence-corrected chi connectivity index (χ0v) is 24.6. The van der Waals surface area contributed by atoms with Crippen LogP contribution in [0.15, 0.2) is 0 Å². The number of likely N-dealkylation sites (tertiary alicyclic amines) is 2. The zero-order chi connectivity index (χ0) is 25.0. The first kappa shape index (κ1) is 29.2. The summed E-state index contributed by atoms with van der Waals surface area (Å²) in [4.78, 5) is 34.4. The number of morpholine rings is 2. The van der Waals surface area contributed by atoms with E-state index >= 15 is 0 Å². The molecule has 0 saturated carbocycles. The predicted octanol–water partition coefficient (Wildman–Crippen LogP) is 3.67. The normalized spacial score (nSPS) is 23.8. The fraction of sp³-hybridized carbons (Fsp3) is 0.917. The molecule has 2 unspecified atom stereocenters. The van der Waals surface area contributed by atoms with Gasteiger partial charge in [0.15, 0.2) is 0 Å². The quantitative estimate of drug-likeness (QED) is 0.339. The van der Waals surface area contributed by atoms with Crippen molar-refractivity contribution in [1.29, 1.82) is 0 Å². The van der Waals surface area contributed by atoms with Gasteiger partial charge in [0.1, 0.15) is 0 Å². The van der Waals surface area contributed by atoms with Crippen molar-refractivity contribution >= 4 is 55.6 Å². The maximum Gasteiger partial charge on any atom is 0.281 e. The van der Waals surface area contributed by atoms with Crippen molar-refractivity contribution in [3.05, 3.63) is 0 Å². The van der Waals surface area contributed by atoms with Crippen LogP contribution in [0, 0.1) is 0 Å². The average molecular weight is 579 g/mol. The summed E-state index contributed by atoms with van der Waals surface area (Å²) >= 11 is 2.99. The van der Waals surface area contributed by atoms with Crippen molar-refractivity contribution in [2.45, 2.75) is 36.2 Å². The molecule has 0 bridgehead atoms. The monoisotopic (exact) mass is 578 g/mol. The van der Waals surface area contributed by atoms with E-state index < -0.39 is 0 Å². The van der Waals surface area contributed by atoms with Crippen LogP contribution in [0.3, 0.4) is 0 Å². The lowest BCUT2D eigenvalue weighted by atomic mass is 10.3. The molecular weight excluding hydrogens is 537 g/mol. The molecule has 4 aliphatic heterocycles. The lowest BCUT2D eigenvalue weighted by Gasteiger charge is -2.32. The minimum atomic E-state index is 0.238. The van der Waals surface area contributed by atoms with Gasteiger partial charge in [-0.25, -0.2) is 0 Å². The minimum Gasteiger partial charge on any atom is -0.379 e. The smallest absolute Gasteiger partial charge is 0.281 e. The molecular formula is C24H42N4O4S4. The number of rotatable bonds is 11. The Labute approximate surface area is 233 Å². The Morgan fingerprint density at radius 2 is 0.944 bits per heavy atom. The molecule has 2 atom stereocenters. The third kappa shape index (κ3) is 10.1. The van der Waals surface area contributed by atoms with Gasteiger partial charge in [0.05, 0.1) is 26.4 Å². The van der Waals surface area contributed by atoms with Crippen molar-refractivity contribution in [2.75, 3.05) is 103 Å². The molecule has 12 heteroatoms. The van der Waals surface area contributed by atoms with Gasteiger partial charge in [-0.2, -0.15) is 0 Å². The number of hydrogen-bond donors (Lipinski definition) is 0. The van der Waals surface area contributed by atoms with Crippen molar-refractivity contribution in [2.24, 2.45) is 0 Å². The lowest BCUT2D eigenvalue weighted by Crippen LogP contribution is -2.42. The maximum absolute atomic E-state index is 12.7. The average Bonchev–Trinajstić information content (AvgIpc) is 3.64. The van der Waals surface area contributed by atoms with E-state index in [1.807, 2.05) is 31.4 Å². The standard InChI is InChI=1S/C24H42N4O4S4/c29-23(27-5-1-2-6-27)33-19-21(17-25-9-13-31-14-10-25)35-36-22(18-26-11-15-32-16-12-26)20-34-24(30)28-7-3-4-8-28/h21-22H,1-20H2. The number of carbonyl (C=O) groups is 2. The third-order valence-corrected chi connectivity index (χ3v) is 12.8. The van der Waals surface area contributed by atoms with Crippen LogP contribution < -0.4 is 0 Å². The van der Waals surface area contributed by atoms with Gasteiger partial charge in [0.25, 0.3) is 10.5 Å². The van der Waals surface area contributed by atoms with Gasteiger partial charge in [-0.1, -0.05) is 45.1 Å². The first-order valence-electron chi connectivity index (χ1n) is 13.4. The summed E-state index contributed by atoms with van der Waals surface area (Å²) < 4.78 is 11.1. The van der Waals surface area contributed by atoms with E-state index in [1.54, 1.807) is 0 Å². The summed E-state index contributed by atoms with van der Waals surface area (Å²) in [5.74, 6) is 1.66. The molecule has 36 heavy (non-hydrogen) atoms. The van der Waals surface area contributed by atoms with Gasteiger partial charge < -0.3 is 19.3 Å². The van der Waals surface area contributed by atoms with E-state index in [1.165, 1.54) is 23.5 Å². The topological polar surface area (TPSA) is 65.6 Å². The molecule has 0 aromatic heterocycles. The Morgan fingerprint density at radius 1 is 0.583 bits per heavy atom. The Morgan fingerprint density at radius 3 is 1.31 bits per heavy atom. The third-order valence-electron chi connectivity index (χ3n) is 6.97. The van der Waals surface area contributed by atoms with Crippen LogP contribution in [0.2, 0.25) is 0 Å².